The van der Waals surface area contributed by atoms with Gasteiger partial charge in [-0.05, 0) is 59.5 Å². The van der Waals surface area contributed by atoms with Crippen LogP contribution in [0.4, 0.5) is 5.69 Å². The zero-order chi connectivity index (χ0) is 21.6. The number of guanidine groups is 1. The largest absolute Gasteiger partial charge is 0.494 e. The number of nitrogens with one attached hydrogen (secondary N) is 2. The molecule has 0 aliphatic heterocycles. The number of nitrogens with zero attached hydrogens (tertiary/aromatic N) is 3. The van der Waals surface area contributed by atoms with Gasteiger partial charge in [0.25, 0.3) is 0 Å². The van der Waals surface area contributed by atoms with Crippen LogP contribution in [-0.4, -0.2) is 19.1 Å². The molecular formula is C22H27Br2ClN5O+. The summed E-state index contributed by atoms with van der Waals surface area (Å²) in [5.41, 5.74) is 0.854. The average Bonchev–Trinajstić information content (AvgIpc) is 2.72. The summed E-state index contributed by atoms with van der Waals surface area (Å²) in [6, 6.07) is 11.2. The molecule has 0 atom stereocenters. The minimum absolute atomic E-state index is 0. The van der Waals surface area contributed by atoms with Gasteiger partial charge >= 0.3 is 0 Å². The van der Waals surface area contributed by atoms with E-state index < -0.39 is 0 Å². The number of rotatable bonds is 11. The number of aromatic nitrogens is 1. The van der Waals surface area contributed by atoms with Gasteiger partial charge in [-0.3, -0.25) is 10.3 Å². The summed E-state index contributed by atoms with van der Waals surface area (Å²) in [7, 11) is 0. The third-order valence-corrected chi connectivity index (χ3v) is 4.59. The quantitative estimate of drug-likeness (QED) is 0.0920. The van der Waals surface area contributed by atoms with Gasteiger partial charge in [0.15, 0.2) is 25.1 Å². The number of hydrogen-bond donors (Lipinski definition) is 2. The monoisotopic (exact) mass is 570 g/mol. The van der Waals surface area contributed by atoms with Crippen molar-refractivity contribution in [1.29, 1.82) is 5.26 Å². The van der Waals surface area contributed by atoms with E-state index in [2.05, 4.69) is 38.1 Å². The number of anilines is 1. The predicted octanol–water partition coefficient (Wildman–Crippen LogP) is 5.59. The number of unbranched alkanes of at least 4 members (excludes halogenated alkanes) is 3. The molecule has 6 nitrogen and oxygen atoms in total. The second-order valence-corrected chi connectivity index (χ2v) is 8.14. The van der Waals surface area contributed by atoms with Crippen LogP contribution in [0, 0.1) is 11.5 Å². The minimum Gasteiger partial charge on any atom is -0.494 e. The summed E-state index contributed by atoms with van der Waals surface area (Å²) < 4.78 is 8.58. The van der Waals surface area contributed by atoms with Gasteiger partial charge in [-0.15, -0.1) is 17.0 Å². The molecule has 9 heteroatoms. The normalized spacial score (nSPS) is 10.5. The first kappa shape index (κ1) is 27.0. The van der Waals surface area contributed by atoms with Crippen LogP contribution in [0.25, 0.3) is 0 Å². The van der Waals surface area contributed by atoms with Crippen molar-refractivity contribution >= 4 is 56.2 Å². The maximum Gasteiger partial charge on any atom is 0.209 e. The number of pyridine rings is 1. The Morgan fingerprint density at radius 3 is 2.45 bits per heavy atom. The van der Waals surface area contributed by atoms with Crippen molar-refractivity contribution in [3.63, 3.8) is 0 Å². The molecule has 2 N–H and O–H groups in total. The van der Waals surface area contributed by atoms with Crippen molar-refractivity contribution in [2.75, 3.05) is 18.5 Å². The molecule has 1 aromatic heterocycles. The van der Waals surface area contributed by atoms with Gasteiger partial charge in [0.2, 0.25) is 5.96 Å². The fraction of sp³-hybridized carbons (Fsp3) is 0.318. The topological polar surface area (TPSA) is 73.3 Å². The van der Waals surface area contributed by atoms with E-state index in [0.717, 1.165) is 41.6 Å². The highest BCUT2D eigenvalue weighted by Crippen LogP contribution is 2.16. The first-order valence-electron chi connectivity index (χ1n) is 9.74. The molecule has 0 amide bonds. The van der Waals surface area contributed by atoms with Gasteiger partial charge in [-0.25, -0.2) is 4.57 Å². The molecule has 0 fully saturated rings. The molecule has 0 saturated carbocycles. The molecule has 0 radical (unpaired) electrons. The molecule has 0 aliphatic carbocycles. The number of ether oxygens (including phenoxy) is 1. The van der Waals surface area contributed by atoms with Crippen LogP contribution >= 0.6 is 44.5 Å². The van der Waals surface area contributed by atoms with Crippen LogP contribution < -0.4 is 19.9 Å². The maximum atomic E-state index is 8.94. The van der Waals surface area contributed by atoms with E-state index in [4.69, 9.17) is 21.6 Å². The van der Waals surface area contributed by atoms with Crippen LogP contribution in [0.2, 0.25) is 5.02 Å². The van der Waals surface area contributed by atoms with Crippen molar-refractivity contribution < 1.29 is 9.30 Å². The van der Waals surface area contributed by atoms with Crippen LogP contribution in [-0.2, 0) is 6.54 Å². The van der Waals surface area contributed by atoms with Crippen molar-refractivity contribution in [2.45, 2.75) is 32.2 Å². The third kappa shape index (κ3) is 11.8. The molecule has 0 bridgehead atoms. The Morgan fingerprint density at radius 1 is 1.13 bits per heavy atom. The summed E-state index contributed by atoms with van der Waals surface area (Å²) in [5.74, 6) is 1.29. The molecule has 2 rings (SSSR count). The molecule has 166 valence electrons. The van der Waals surface area contributed by atoms with Crippen molar-refractivity contribution in [3.8, 4) is 11.9 Å². The smallest absolute Gasteiger partial charge is 0.209 e. The van der Waals surface area contributed by atoms with E-state index in [0.29, 0.717) is 30.7 Å². The molecule has 0 aliphatic rings. The molecule has 2 aromatic rings. The molecule has 0 unspecified atom stereocenters. The summed E-state index contributed by atoms with van der Waals surface area (Å²) in [5, 5.41) is 15.4. The van der Waals surface area contributed by atoms with Gasteiger partial charge in [-0.1, -0.05) is 24.6 Å². The Bertz CT molecular complexity index is 867. The highest BCUT2D eigenvalue weighted by molar-refractivity contribution is 9.11. The summed E-state index contributed by atoms with van der Waals surface area (Å²) >= 11 is 9.21. The molecule has 0 saturated heterocycles. The van der Waals surface area contributed by atoms with Gasteiger partial charge in [-0.2, -0.15) is 5.26 Å². The highest BCUT2D eigenvalue weighted by atomic mass is 79.9. The lowest BCUT2D eigenvalue weighted by molar-refractivity contribution is -0.687. The van der Waals surface area contributed by atoms with Gasteiger partial charge < -0.3 is 10.1 Å². The number of nitriles is 1. The molecule has 1 aromatic carbocycles. The Hall–Kier alpha value is -2.08. The first-order chi connectivity index (χ1) is 14.6. The van der Waals surface area contributed by atoms with Gasteiger partial charge in [0.1, 0.15) is 5.75 Å². The average molecular weight is 573 g/mol. The molecule has 1 heterocycles. The summed E-state index contributed by atoms with van der Waals surface area (Å²) in [4.78, 5) is 4.45. The second-order valence-electron chi connectivity index (χ2n) is 6.59. The minimum atomic E-state index is 0. The first-order valence-corrected chi connectivity index (χ1v) is 10.9. The van der Waals surface area contributed by atoms with E-state index in [-0.39, 0.29) is 17.0 Å². The Kier molecular flexibility index (Phi) is 13.6. The molecule has 0 spiro atoms. The van der Waals surface area contributed by atoms with Crippen molar-refractivity contribution in [1.82, 2.24) is 5.32 Å². The Labute approximate surface area is 207 Å². The summed E-state index contributed by atoms with van der Waals surface area (Å²) in [6.07, 6.45) is 9.84. The maximum absolute atomic E-state index is 8.94. The molecule has 31 heavy (non-hydrogen) atoms. The fourth-order valence-corrected chi connectivity index (χ4v) is 3.04. The number of benzene rings is 1. The van der Waals surface area contributed by atoms with E-state index >= 15 is 0 Å². The number of hydrogen-bond acceptors (Lipinski definition) is 3. The SMILES string of the molecule is Br.C=C(Br)C[n+]1ccc(NC(=NCCCCCCOc2ccc(Cl)cc2)NC#N)cc1. The summed E-state index contributed by atoms with van der Waals surface area (Å²) in [6.45, 7) is 5.86. The van der Waals surface area contributed by atoms with Crippen LogP contribution in [0.5, 0.6) is 5.75 Å². The molecular weight excluding hydrogens is 546 g/mol. The number of aliphatic imine (C=N–C) groups is 1. The predicted molar refractivity (Wildman–Crippen MR) is 135 cm³/mol. The fourth-order valence-electron chi connectivity index (χ4n) is 2.62. The lowest BCUT2D eigenvalue weighted by atomic mass is 10.2. The number of halogens is 3. The van der Waals surface area contributed by atoms with E-state index in [9.17, 15) is 0 Å². The Morgan fingerprint density at radius 2 is 1.81 bits per heavy atom. The second kappa shape index (κ2) is 15.7. The van der Waals surface area contributed by atoms with E-state index in [1.165, 1.54) is 0 Å². The zero-order valence-electron chi connectivity index (χ0n) is 17.2. The van der Waals surface area contributed by atoms with E-state index in [1.54, 1.807) is 0 Å². The van der Waals surface area contributed by atoms with Crippen molar-refractivity contribution in [2.24, 2.45) is 4.99 Å². The zero-order valence-corrected chi connectivity index (χ0v) is 21.2. The van der Waals surface area contributed by atoms with Crippen LogP contribution in [0.15, 0.2) is 64.8 Å². The number of allylic oxidation sites excluding steroid dienone is 1. The Balaban J connectivity index is 0.00000480. The van der Waals surface area contributed by atoms with Crippen molar-refractivity contribution in [3.05, 3.63) is 64.9 Å². The van der Waals surface area contributed by atoms with E-state index in [1.807, 2.05) is 59.6 Å². The third-order valence-electron chi connectivity index (χ3n) is 4.09. The standard InChI is InChI=1S/C22H25BrClN5O.BrH/c1-18(23)16-29-13-10-20(11-14-29)28-22(27-17-25)26-12-4-2-3-5-15-30-21-8-6-19(24)7-9-21;/h6-11,13-14H,1-5,12,15-16H2,(H,26,27);1H/p+1. The highest BCUT2D eigenvalue weighted by Gasteiger charge is 2.04. The van der Waals surface area contributed by atoms with Crippen LogP contribution in [0.1, 0.15) is 25.7 Å². The lowest BCUT2D eigenvalue weighted by Gasteiger charge is -2.08. The van der Waals surface area contributed by atoms with Crippen LogP contribution in [0.3, 0.4) is 0 Å². The lowest BCUT2D eigenvalue weighted by Crippen LogP contribution is -2.33. The van der Waals surface area contributed by atoms with Gasteiger partial charge in [0, 0.05) is 23.7 Å². The van der Waals surface area contributed by atoms with Gasteiger partial charge in [0.05, 0.1) is 16.8 Å².